The highest BCUT2D eigenvalue weighted by Gasteiger charge is 2.33. The summed E-state index contributed by atoms with van der Waals surface area (Å²) in [5.74, 6) is 0.872. The van der Waals surface area contributed by atoms with E-state index in [2.05, 4.69) is 21.5 Å². The first-order valence-corrected chi connectivity index (χ1v) is 8.93. The normalized spacial score (nSPS) is 14.4. The van der Waals surface area contributed by atoms with E-state index in [4.69, 9.17) is 0 Å². The minimum atomic E-state index is 0.0904. The number of hydrogen-bond donors (Lipinski definition) is 0. The van der Waals surface area contributed by atoms with Crippen molar-refractivity contribution in [1.29, 1.82) is 0 Å². The third-order valence-corrected chi connectivity index (χ3v) is 5.29. The summed E-state index contributed by atoms with van der Waals surface area (Å²) in [4.78, 5) is 22.5. The van der Waals surface area contributed by atoms with Crippen molar-refractivity contribution in [2.75, 3.05) is 4.90 Å². The Morgan fingerprint density at radius 2 is 2.38 bits per heavy atom. The molecule has 1 aliphatic rings. The summed E-state index contributed by atoms with van der Waals surface area (Å²) in [5.41, 5.74) is 1.01. The molecule has 0 N–H and O–H groups in total. The molecule has 0 aromatic carbocycles. The van der Waals surface area contributed by atoms with Crippen molar-refractivity contribution in [1.82, 2.24) is 14.5 Å². The SMILES string of the molecule is CCn1ccnc1SCc1csc(N(C(C)=O)C2CC2)n1. The molecule has 0 unspecified atom stereocenters. The van der Waals surface area contributed by atoms with Crippen molar-refractivity contribution >= 4 is 34.1 Å². The maximum atomic E-state index is 11.7. The molecule has 2 aromatic heterocycles. The second-order valence-electron chi connectivity index (χ2n) is 5.03. The number of imidazole rings is 1. The van der Waals surface area contributed by atoms with Gasteiger partial charge < -0.3 is 4.57 Å². The Morgan fingerprint density at radius 1 is 1.57 bits per heavy atom. The summed E-state index contributed by atoms with van der Waals surface area (Å²) in [7, 11) is 0. The van der Waals surface area contributed by atoms with E-state index in [0.29, 0.717) is 6.04 Å². The van der Waals surface area contributed by atoms with Gasteiger partial charge in [0.2, 0.25) is 5.91 Å². The zero-order chi connectivity index (χ0) is 14.8. The van der Waals surface area contributed by atoms with Crippen molar-refractivity contribution in [3.63, 3.8) is 0 Å². The average molecular weight is 322 g/mol. The summed E-state index contributed by atoms with van der Waals surface area (Å²) in [6, 6.07) is 0.369. The largest absolute Gasteiger partial charge is 0.326 e. The van der Waals surface area contributed by atoms with E-state index in [-0.39, 0.29) is 5.91 Å². The third-order valence-electron chi connectivity index (χ3n) is 3.36. The summed E-state index contributed by atoms with van der Waals surface area (Å²) in [5, 5.41) is 3.89. The second kappa shape index (κ2) is 6.19. The summed E-state index contributed by atoms with van der Waals surface area (Å²) >= 11 is 3.24. The number of nitrogens with zero attached hydrogens (tertiary/aromatic N) is 4. The molecule has 1 fully saturated rings. The number of aromatic nitrogens is 3. The minimum Gasteiger partial charge on any atom is -0.326 e. The molecule has 112 valence electrons. The van der Waals surface area contributed by atoms with Gasteiger partial charge in [0.1, 0.15) is 0 Å². The Hall–Kier alpha value is -1.34. The fourth-order valence-electron chi connectivity index (χ4n) is 2.17. The van der Waals surface area contributed by atoms with Gasteiger partial charge in [0, 0.05) is 43.0 Å². The number of carbonyl (C=O) groups excluding carboxylic acids is 1. The van der Waals surface area contributed by atoms with Crippen LogP contribution in [0.5, 0.6) is 0 Å². The Balaban J connectivity index is 1.66. The molecule has 1 aliphatic carbocycles. The number of amides is 1. The van der Waals surface area contributed by atoms with E-state index < -0.39 is 0 Å². The minimum absolute atomic E-state index is 0.0904. The topological polar surface area (TPSA) is 51.0 Å². The number of hydrogen-bond acceptors (Lipinski definition) is 5. The van der Waals surface area contributed by atoms with Crippen LogP contribution < -0.4 is 4.90 Å². The van der Waals surface area contributed by atoms with Gasteiger partial charge >= 0.3 is 0 Å². The molecule has 0 saturated heterocycles. The van der Waals surface area contributed by atoms with E-state index in [1.165, 1.54) is 0 Å². The molecule has 0 radical (unpaired) electrons. The van der Waals surface area contributed by atoms with Crippen LogP contribution >= 0.6 is 23.1 Å². The predicted molar refractivity (Wildman–Crippen MR) is 85.8 cm³/mol. The Morgan fingerprint density at radius 3 is 3.05 bits per heavy atom. The van der Waals surface area contributed by atoms with Gasteiger partial charge in [0.05, 0.1) is 5.69 Å². The van der Waals surface area contributed by atoms with Gasteiger partial charge in [-0.3, -0.25) is 9.69 Å². The van der Waals surface area contributed by atoms with E-state index >= 15 is 0 Å². The van der Waals surface area contributed by atoms with Crippen LogP contribution in [0.25, 0.3) is 0 Å². The van der Waals surface area contributed by atoms with Crippen molar-refractivity contribution in [2.45, 2.75) is 50.2 Å². The first kappa shape index (κ1) is 14.6. The first-order chi connectivity index (χ1) is 10.2. The molecule has 0 atom stereocenters. The lowest BCUT2D eigenvalue weighted by Gasteiger charge is -2.16. The van der Waals surface area contributed by atoms with Gasteiger partial charge in [0.25, 0.3) is 0 Å². The molecule has 1 amide bonds. The van der Waals surface area contributed by atoms with Crippen LogP contribution in [-0.2, 0) is 17.1 Å². The number of rotatable bonds is 6. The standard InChI is InChI=1S/C14H18N4OS2/c1-3-17-7-6-15-13(17)20-8-11-9-21-14(16-11)18(10(2)19)12-4-5-12/h6-7,9,12H,3-5,8H2,1-2H3. The first-order valence-electron chi connectivity index (χ1n) is 7.07. The highest BCUT2D eigenvalue weighted by Crippen LogP contribution is 2.34. The molecule has 1 saturated carbocycles. The molecular formula is C14H18N4OS2. The number of carbonyl (C=O) groups is 1. The van der Waals surface area contributed by atoms with Crippen LogP contribution in [0, 0.1) is 0 Å². The van der Waals surface area contributed by atoms with Crippen molar-refractivity contribution in [3.05, 3.63) is 23.5 Å². The Bertz CT molecular complexity index is 632. The van der Waals surface area contributed by atoms with Crippen LogP contribution in [0.15, 0.2) is 22.9 Å². The van der Waals surface area contributed by atoms with Crippen LogP contribution in [-0.4, -0.2) is 26.5 Å². The van der Waals surface area contributed by atoms with Crippen molar-refractivity contribution in [2.24, 2.45) is 0 Å². The smallest absolute Gasteiger partial charge is 0.225 e. The lowest BCUT2D eigenvalue weighted by atomic mass is 10.5. The van der Waals surface area contributed by atoms with Gasteiger partial charge in [-0.05, 0) is 19.8 Å². The zero-order valence-electron chi connectivity index (χ0n) is 12.2. The number of aryl methyl sites for hydroxylation is 1. The molecular weight excluding hydrogens is 304 g/mol. The Labute approximate surface area is 132 Å². The summed E-state index contributed by atoms with van der Waals surface area (Å²) in [6.07, 6.45) is 6.00. The lowest BCUT2D eigenvalue weighted by molar-refractivity contribution is -0.116. The predicted octanol–water partition coefficient (Wildman–Crippen LogP) is 3.17. The van der Waals surface area contributed by atoms with Gasteiger partial charge in [-0.15, -0.1) is 11.3 Å². The zero-order valence-corrected chi connectivity index (χ0v) is 13.8. The van der Waals surface area contributed by atoms with Gasteiger partial charge in [0.15, 0.2) is 10.3 Å². The second-order valence-corrected chi connectivity index (χ2v) is 6.81. The van der Waals surface area contributed by atoms with Crippen LogP contribution in [0.3, 0.4) is 0 Å². The fraction of sp³-hybridized carbons (Fsp3) is 0.500. The van der Waals surface area contributed by atoms with Gasteiger partial charge in [-0.2, -0.15) is 0 Å². The van der Waals surface area contributed by atoms with E-state index in [1.54, 1.807) is 30.0 Å². The van der Waals surface area contributed by atoms with E-state index in [9.17, 15) is 4.79 Å². The highest BCUT2D eigenvalue weighted by molar-refractivity contribution is 7.98. The van der Waals surface area contributed by atoms with Crippen LogP contribution in [0.1, 0.15) is 32.4 Å². The maximum absolute atomic E-state index is 11.7. The molecule has 0 aliphatic heterocycles. The van der Waals surface area contributed by atoms with E-state index in [0.717, 1.165) is 41.1 Å². The highest BCUT2D eigenvalue weighted by atomic mass is 32.2. The lowest BCUT2D eigenvalue weighted by Crippen LogP contribution is -2.30. The quantitative estimate of drug-likeness (QED) is 0.767. The van der Waals surface area contributed by atoms with Crippen molar-refractivity contribution < 1.29 is 4.79 Å². The number of thiazole rings is 1. The number of anilines is 1. The molecule has 5 nitrogen and oxygen atoms in total. The van der Waals surface area contributed by atoms with Gasteiger partial charge in [-0.1, -0.05) is 11.8 Å². The summed E-state index contributed by atoms with van der Waals surface area (Å²) in [6.45, 7) is 4.64. The van der Waals surface area contributed by atoms with Gasteiger partial charge in [-0.25, -0.2) is 9.97 Å². The van der Waals surface area contributed by atoms with Crippen molar-refractivity contribution in [3.8, 4) is 0 Å². The molecule has 3 rings (SSSR count). The van der Waals surface area contributed by atoms with Crippen LogP contribution in [0.2, 0.25) is 0 Å². The average Bonchev–Trinajstić information content (AvgIpc) is 3.01. The Kier molecular flexibility index (Phi) is 4.30. The molecule has 0 spiro atoms. The number of thioether (sulfide) groups is 1. The fourth-order valence-corrected chi connectivity index (χ4v) is 4.13. The molecule has 2 aromatic rings. The third kappa shape index (κ3) is 3.29. The van der Waals surface area contributed by atoms with E-state index in [1.807, 2.05) is 22.7 Å². The maximum Gasteiger partial charge on any atom is 0.225 e. The summed E-state index contributed by atoms with van der Waals surface area (Å²) < 4.78 is 2.12. The molecule has 7 heteroatoms. The monoisotopic (exact) mass is 322 g/mol. The molecule has 2 heterocycles. The molecule has 21 heavy (non-hydrogen) atoms. The molecule has 0 bridgehead atoms. The van der Waals surface area contributed by atoms with Crippen LogP contribution in [0.4, 0.5) is 5.13 Å².